The molecule has 3 fully saturated rings. The standard InChI is InChI=1S/C20H33N5O3/c1-16-4-2-7-24(14-16)20-22-21-19(17-5-3-11-28-15-17)25(20)8-6-18(26)23-9-12-27-13-10-23/h16-17H,2-15H2,1H3/t16-,17?/m0/s1. The van der Waals surface area contributed by atoms with Crippen molar-refractivity contribution in [3.8, 4) is 0 Å². The molecule has 0 saturated carbocycles. The Bertz CT molecular complexity index is 652. The number of carbonyl (C=O) groups excluding carboxylic acids is 1. The molecule has 1 aromatic heterocycles. The van der Waals surface area contributed by atoms with E-state index in [1.54, 1.807) is 0 Å². The topological polar surface area (TPSA) is 72.7 Å². The van der Waals surface area contributed by atoms with Crippen molar-refractivity contribution in [2.75, 3.05) is 57.5 Å². The summed E-state index contributed by atoms with van der Waals surface area (Å²) in [6, 6.07) is 0. The predicted octanol–water partition coefficient (Wildman–Crippen LogP) is 1.66. The SMILES string of the molecule is C[C@H]1CCCN(c2nnc(C3CCCOC3)n2CCC(=O)N2CCOCC2)C1. The summed E-state index contributed by atoms with van der Waals surface area (Å²) in [5.41, 5.74) is 0. The van der Waals surface area contributed by atoms with E-state index in [0.29, 0.717) is 51.8 Å². The van der Waals surface area contributed by atoms with Crippen LogP contribution in [0.25, 0.3) is 0 Å². The lowest BCUT2D eigenvalue weighted by molar-refractivity contribution is -0.135. The largest absolute Gasteiger partial charge is 0.381 e. The zero-order valence-electron chi connectivity index (χ0n) is 17.0. The molecule has 156 valence electrons. The van der Waals surface area contributed by atoms with E-state index in [-0.39, 0.29) is 11.8 Å². The van der Waals surface area contributed by atoms with Gasteiger partial charge in [0.15, 0.2) is 0 Å². The molecular formula is C20H33N5O3. The summed E-state index contributed by atoms with van der Waals surface area (Å²) in [5.74, 6) is 3.05. The zero-order valence-corrected chi connectivity index (χ0v) is 17.0. The van der Waals surface area contributed by atoms with Crippen LogP contribution in [0.3, 0.4) is 0 Å². The lowest BCUT2D eigenvalue weighted by Crippen LogP contribution is -2.41. The van der Waals surface area contributed by atoms with E-state index < -0.39 is 0 Å². The first-order valence-corrected chi connectivity index (χ1v) is 10.8. The van der Waals surface area contributed by atoms with Gasteiger partial charge in [0.05, 0.1) is 19.8 Å². The number of anilines is 1. The molecule has 4 heterocycles. The molecule has 3 saturated heterocycles. The summed E-state index contributed by atoms with van der Waals surface area (Å²) < 4.78 is 13.3. The van der Waals surface area contributed by atoms with Crippen molar-refractivity contribution in [3.05, 3.63) is 5.82 Å². The average Bonchev–Trinajstić information content (AvgIpc) is 3.17. The number of amides is 1. The molecule has 28 heavy (non-hydrogen) atoms. The van der Waals surface area contributed by atoms with Gasteiger partial charge in [0.1, 0.15) is 5.82 Å². The maximum absolute atomic E-state index is 12.7. The molecule has 8 heteroatoms. The van der Waals surface area contributed by atoms with Crippen molar-refractivity contribution in [1.29, 1.82) is 0 Å². The zero-order chi connectivity index (χ0) is 19.3. The molecule has 3 aliphatic rings. The fourth-order valence-corrected chi connectivity index (χ4v) is 4.55. The van der Waals surface area contributed by atoms with Crippen LogP contribution in [0, 0.1) is 5.92 Å². The van der Waals surface area contributed by atoms with Crippen molar-refractivity contribution >= 4 is 11.9 Å². The first-order chi connectivity index (χ1) is 13.7. The number of ether oxygens (including phenoxy) is 2. The monoisotopic (exact) mass is 391 g/mol. The van der Waals surface area contributed by atoms with Gasteiger partial charge in [0, 0.05) is 51.7 Å². The van der Waals surface area contributed by atoms with Gasteiger partial charge in [-0.3, -0.25) is 9.36 Å². The van der Waals surface area contributed by atoms with E-state index in [2.05, 4.69) is 26.6 Å². The molecule has 4 rings (SSSR count). The van der Waals surface area contributed by atoms with Crippen molar-refractivity contribution in [1.82, 2.24) is 19.7 Å². The molecule has 3 aliphatic heterocycles. The summed E-state index contributed by atoms with van der Waals surface area (Å²) in [6.07, 6.45) is 5.06. The molecule has 1 aromatic rings. The first kappa shape index (κ1) is 19.6. The number of rotatable bonds is 5. The molecule has 0 spiro atoms. The third-order valence-electron chi connectivity index (χ3n) is 6.14. The van der Waals surface area contributed by atoms with Gasteiger partial charge in [-0.15, -0.1) is 10.2 Å². The summed E-state index contributed by atoms with van der Waals surface area (Å²) in [4.78, 5) is 17.0. The molecule has 0 radical (unpaired) electrons. The second-order valence-corrected chi connectivity index (χ2v) is 8.36. The van der Waals surface area contributed by atoms with Gasteiger partial charge in [0.25, 0.3) is 0 Å². The highest BCUT2D eigenvalue weighted by molar-refractivity contribution is 5.76. The van der Waals surface area contributed by atoms with Crippen LogP contribution in [-0.4, -0.2) is 78.2 Å². The molecule has 2 atom stereocenters. The normalized spacial score (nSPS) is 26.5. The summed E-state index contributed by atoms with van der Waals surface area (Å²) in [5, 5.41) is 9.16. The third-order valence-corrected chi connectivity index (χ3v) is 6.14. The highest BCUT2D eigenvalue weighted by atomic mass is 16.5. The predicted molar refractivity (Wildman–Crippen MR) is 105 cm³/mol. The molecule has 1 amide bonds. The summed E-state index contributed by atoms with van der Waals surface area (Å²) >= 11 is 0. The maximum atomic E-state index is 12.7. The van der Waals surface area contributed by atoms with E-state index in [9.17, 15) is 4.79 Å². The Balaban J connectivity index is 1.51. The Morgan fingerprint density at radius 3 is 2.68 bits per heavy atom. The fourth-order valence-electron chi connectivity index (χ4n) is 4.55. The molecular weight excluding hydrogens is 358 g/mol. The molecule has 0 aliphatic carbocycles. The Kier molecular flexibility index (Phi) is 6.47. The van der Waals surface area contributed by atoms with Gasteiger partial charge in [-0.25, -0.2) is 0 Å². The smallest absolute Gasteiger partial charge is 0.227 e. The van der Waals surface area contributed by atoms with Crippen LogP contribution in [0.5, 0.6) is 0 Å². The summed E-state index contributed by atoms with van der Waals surface area (Å²) in [7, 11) is 0. The molecule has 0 N–H and O–H groups in total. The van der Waals surface area contributed by atoms with E-state index in [1.165, 1.54) is 12.8 Å². The van der Waals surface area contributed by atoms with Crippen molar-refractivity contribution in [2.24, 2.45) is 5.92 Å². The number of morpholine rings is 1. The van der Waals surface area contributed by atoms with Crippen LogP contribution < -0.4 is 4.90 Å². The second-order valence-electron chi connectivity index (χ2n) is 8.36. The molecule has 0 aromatic carbocycles. The molecule has 0 bridgehead atoms. The minimum absolute atomic E-state index is 0.195. The third kappa shape index (κ3) is 4.49. The van der Waals surface area contributed by atoms with Crippen LogP contribution in [0.15, 0.2) is 0 Å². The summed E-state index contributed by atoms with van der Waals surface area (Å²) in [6.45, 7) is 9.15. The van der Waals surface area contributed by atoms with Crippen molar-refractivity contribution in [3.63, 3.8) is 0 Å². The number of hydrogen-bond acceptors (Lipinski definition) is 6. The van der Waals surface area contributed by atoms with Crippen LogP contribution in [0.4, 0.5) is 5.95 Å². The second kappa shape index (κ2) is 9.22. The highest BCUT2D eigenvalue weighted by Gasteiger charge is 2.28. The van der Waals surface area contributed by atoms with Gasteiger partial charge in [-0.1, -0.05) is 6.92 Å². The van der Waals surface area contributed by atoms with Gasteiger partial charge >= 0.3 is 0 Å². The lowest BCUT2D eigenvalue weighted by atomic mass is 10.0. The number of aromatic nitrogens is 3. The number of nitrogens with zero attached hydrogens (tertiary/aromatic N) is 5. The van der Waals surface area contributed by atoms with Crippen LogP contribution >= 0.6 is 0 Å². The minimum Gasteiger partial charge on any atom is -0.381 e. The average molecular weight is 392 g/mol. The van der Waals surface area contributed by atoms with Gasteiger partial charge in [-0.2, -0.15) is 0 Å². The Hall–Kier alpha value is -1.67. The number of piperidine rings is 1. The van der Waals surface area contributed by atoms with Gasteiger partial charge in [-0.05, 0) is 31.6 Å². The first-order valence-electron chi connectivity index (χ1n) is 10.8. The van der Waals surface area contributed by atoms with Crippen LogP contribution in [0.1, 0.15) is 50.8 Å². The van der Waals surface area contributed by atoms with Gasteiger partial charge in [0.2, 0.25) is 11.9 Å². The quantitative estimate of drug-likeness (QED) is 0.760. The van der Waals surface area contributed by atoms with Crippen molar-refractivity contribution < 1.29 is 14.3 Å². The van der Waals surface area contributed by atoms with Crippen molar-refractivity contribution in [2.45, 2.75) is 51.5 Å². The van der Waals surface area contributed by atoms with E-state index in [1.807, 2.05) is 4.90 Å². The minimum atomic E-state index is 0.195. The molecule has 8 nitrogen and oxygen atoms in total. The number of carbonyl (C=O) groups is 1. The van der Waals surface area contributed by atoms with E-state index in [0.717, 1.165) is 44.3 Å². The van der Waals surface area contributed by atoms with Crippen LogP contribution in [-0.2, 0) is 20.8 Å². The lowest BCUT2D eigenvalue weighted by Gasteiger charge is -2.32. The Morgan fingerprint density at radius 1 is 1.07 bits per heavy atom. The maximum Gasteiger partial charge on any atom is 0.227 e. The Morgan fingerprint density at radius 2 is 1.93 bits per heavy atom. The number of hydrogen-bond donors (Lipinski definition) is 0. The van der Waals surface area contributed by atoms with Crippen LogP contribution in [0.2, 0.25) is 0 Å². The van der Waals surface area contributed by atoms with E-state index >= 15 is 0 Å². The molecule has 1 unspecified atom stereocenters. The van der Waals surface area contributed by atoms with E-state index in [4.69, 9.17) is 9.47 Å². The highest BCUT2D eigenvalue weighted by Crippen LogP contribution is 2.29. The fraction of sp³-hybridized carbons (Fsp3) is 0.850. The Labute approximate surface area is 167 Å². The van der Waals surface area contributed by atoms with Gasteiger partial charge < -0.3 is 19.3 Å².